The Bertz CT molecular complexity index is 1030. The molecule has 6 nitrogen and oxygen atoms in total. The van der Waals surface area contributed by atoms with Crippen LogP contribution in [0.2, 0.25) is 0 Å². The van der Waals surface area contributed by atoms with Gasteiger partial charge in [-0.1, -0.05) is 18.2 Å². The van der Waals surface area contributed by atoms with Gasteiger partial charge in [-0.15, -0.1) is 0 Å². The van der Waals surface area contributed by atoms with Crippen LogP contribution in [0.5, 0.6) is 0 Å². The summed E-state index contributed by atoms with van der Waals surface area (Å²) in [6.45, 7) is 0.119. The average Bonchev–Trinajstić information content (AvgIpc) is 3.16. The Balaban J connectivity index is 1.62. The number of pyridine rings is 1. The molecule has 1 amide bonds. The van der Waals surface area contributed by atoms with Gasteiger partial charge in [0.1, 0.15) is 17.2 Å². The second-order valence-corrected chi connectivity index (χ2v) is 6.90. The molecule has 2 atom stereocenters. The topological polar surface area (TPSA) is 71.8 Å². The highest BCUT2D eigenvalue weighted by atomic mass is 19.4. The first-order valence-electron chi connectivity index (χ1n) is 9.17. The van der Waals surface area contributed by atoms with Crippen LogP contribution < -0.4 is 10.6 Å². The molecule has 3 aromatic rings. The van der Waals surface area contributed by atoms with Crippen LogP contribution in [0, 0.1) is 5.82 Å². The Morgan fingerprint density at radius 3 is 2.63 bits per heavy atom. The minimum atomic E-state index is -4.57. The minimum absolute atomic E-state index is 0.00741. The number of hydrogen-bond donors (Lipinski definition) is 2. The summed E-state index contributed by atoms with van der Waals surface area (Å²) in [5.41, 5.74) is 1.09. The van der Waals surface area contributed by atoms with Gasteiger partial charge < -0.3 is 10.6 Å². The summed E-state index contributed by atoms with van der Waals surface area (Å²) in [6.07, 6.45) is -2.21. The highest BCUT2D eigenvalue weighted by molar-refractivity contribution is 5.98. The lowest BCUT2D eigenvalue weighted by Crippen LogP contribution is -2.36. The molecular formula is C20H17F4N5O. The zero-order valence-corrected chi connectivity index (χ0v) is 15.5. The number of fused-ring (bicyclic) bond motifs is 1. The summed E-state index contributed by atoms with van der Waals surface area (Å²) >= 11 is 0. The Morgan fingerprint density at radius 1 is 1.20 bits per heavy atom. The van der Waals surface area contributed by atoms with E-state index in [4.69, 9.17) is 0 Å². The number of rotatable bonds is 4. The lowest BCUT2D eigenvalue weighted by molar-refractivity contribution is -0.173. The van der Waals surface area contributed by atoms with Crippen molar-refractivity contribution >= 4 is 11.7 Å². The molecular weight excluding hydrogens is 402 g/mol. The number of carbonyl (C=O) groups is 1. The second-order valence-electron chi connectivity index (χ2n) is 6.90. The van der Waals surface area contributed by atoms with Gasteiger partial charge in [-0.25, -0.2) is 9.07 Å². The third kappa shape index (κ3) is 3.98. The van der Waals surface area contributed by atoms with E-state index in [1.54, 1.807) is 24.4 Å². The summed E-state index contributed by atoms with van der Waals surface area (Å²) in [6, 6.07) is 7.76. The van der Waals surface area contributed by atoms with Crippen molar-refractivity contribution in [3.05, 3.63) is 77.5 Å². The molecule has 0 saturated heterocycles. The number of aromatic nitrogens is 3. The van der Waals surface area contributed by atoms with E-state index in [1.165, 1.54) is 24.3 Å². The molecule has 1 aromatic carbocycles. The van der Waals surface area contributed by atoms with E-state index < -0.39 is 30.0 Å². The quantitative estimate of drug-likeness (QED) is 0.627. The monoisotopic (exact) mass is 419 g/mol. The molecule has 3 heterocycles. The zero-order chi connectivity index (χ0) is 21.3. The number of amides is 1. The first kappa shape index (κ1) is 19.9. The first-order valence-corrected chi connectivity index (χ1v) is 9.17. The van der Waals surface area contributed by atoms with Gasteiger partial charge in [-0.2, -0.15) is 18.3 Å². The normalized spacial score (nSPS) is 18.4. The third-order valence-electron chi connectivity index (χ3n) is 4.91. The third-order valence-corrected chi connectivity index (χ3v) is 4.91. The summed E-state index contributed by atoms with van der Waals surface area (Å²) in [5, 5.41) is 9.43. The lowest BCUT2D eigenvalue weighted by Gasteiger charge is -2.34. The number of nitrogens with one attached hydrogen (secondary N) is 2. The Hall–Kier alpha value is -3.43. The van der Waals surface area contributed by atoms with E-state index in [0.717, 1.165) is 10.9 Å². The van der Waals surface area contributed by atoms with E-state index in [-0.39, 0.29) is 24.3 Å². The highest BCUT2D eigenvalue weighted by Crippen LogP contribution is 2.44. The number of halogens is 4. The van der Waals surface area contributed by atoms with Crippen LogP contribution in [0.15, 0.2) is 54.9 Å². The SMILES string of the molecule is O=C(NCc1ccccn1)c1cnn2c1N[C@H](c1ccc(F)cc1)C[C@@H]2C(F)(F)F. The summed E-state index contributed by atoms with van der Waals surface area (Å²) in [5.74, 6) is -1.09. The van der Waals surface area contributed by atoms with Gasteiger partial charge in [-0.3, -0.25) is 9.78 Å². The molecule has 30 heavy (non-hydrogen) atoms. The van der Waals surface area contributed by atoms with E-state index in [1.807, 2.05) is 0 Å². The molecule has 1 aliphatic heterocycles. The van der Waals surface area contributed by atoms with Gasteiger partial charge in [0.2, 0.25) is 0 Å². The molecule has 0 saturated carbocycles. The van der Waals surface area contributed by atoms with Crippen molar-refractivity contribution < 1.29 is 22.4 Å². The maximum absolute atomic E-state index is 13.7. The standard InChI is InChI=1S/C20H17F4N5O/c21-13-6-4-12(5-7-13)16-9-17(20(22,23)24)29-18(28-16)15(11-27-29)19(30)26-10-14-3-1-2-8-25-14/h1-8,11,16-17,28H,9-10H2,(H,26,30)/t16-,17+/m0/s1. The van der Waals surface area contributed by atoms with E-state index in [2.05, 4.69) is 20.7 Å². The molecule has 1 aliphatic rings. The number of carbonyl (C=O) groups excluding carboxylic acids is 1. The Labute approximate surface area is 168 Å². The predicted molar refractivity (Wildman–Crippen MR) is 100 cm³/mol. The van der Waals surface area contributed by atoms with Crippen LogP contribution in [-0.2, 0) is 6.54 Å². The number of hydrogen-bond acceptors (Lipinski definition) is 4. The maximum Gasteiger partial charge on any atom is 0.410 e. The van der Waals surface area contributed by atoms with Crippen molar-refractivity contribution in [3.63, 3.8) is 0 Å². The van der Waals surface area contributed by atoms with Gasteiger partial charge in [-0.05, 0) is 29.8 Å². The molecule has 0 bridgehead atoms. The van der Waals surface area contributed by atoms with Crippen LogP contribution in [0.4, 0.5) is 23.4 Å². The molecule has 0 unspecified atom stereocenters. The number of benzene rings is 1. The number of anilines is 1. The fraction of sp³-hybridized carbons (Fsp3) is 0.250. The fourth-order valence-corrected chi connectivity index (χ4v) is 3.41. The van der Waals surface area contributed by atoms with Crippen LogP contribution in [0.3, 0.4) is 0 Å². The number of nitrogens with zero attached hydrogens (tertiary/aromatic N) is 3. The lowest BCUT2D eigenvalue weighted by atomic mass is 9.96. The van der Waals surface area contributed by atoms with Gasteiger partial charge >= 0.3 is 6.18 Å². The van der Waals surface area contributed by atoms with Crippen LogP contribution >= 0.6 is 0 Å². The van der Waals surface area contributed by atoms with E-state index >= 15 is 0 Å². The van der Waals surface area contributed by atoms with E-state index in [9.17, 15) is 22.4 Å². The summed E-state index contributed by atoms with van der Waals surface area (Å²) in [7, 11) is 0. The van der Waals surface area contributed by atoms with Gasteiger partial charge in [0.25, 0.3) is 5.91 Å². The molecule has 0 spiro atoms. The Morgan fingerprint density at radius 2 is 1.97 bits per heavy atom. The zero-order valence-electron chi connectivity index (χ0n) is 15.5. The van der Waals surface area contributed by atoms with Crippen LogP contribution in [-0.4, -0.2) is 26.8 Å². The van der Waals surface area contributed by atoms with E-state index in [0.29, 0.717) is 11.3 Å². The van der Waals surface area contributed by atoms with Gasteiger partial charge in [0, 0.05) is 12.6 Å². The smallest absolute Gasteiger partial charge is 0.363 e. The molecule has 0 radical (unpaired) electrons. The highest BCUT2D eigenvalue weighted by Gasteiger charge is 2.47. The van der Waals surface area contributed by atoms with Crippen molar-refractivity contribution in [3.8, 4) is 0 Å². The Kier molecular flexibility index (Phi) is 5.15. The van der Waals surface area contributed by atoms with Crippen LogP contribution in [0.1, 0.15) is 40.1 Å². The summed E-state index contributed by atoms with van der Waals surface area (Å²) in [4.78, 5) is 16.7. The second kappa shape index (κ2) is 7.77. The average molecular weight is 419 g/mol. The maximum atomic E-state index is 13.7. The molecule has 2 aromatic heterocycles. The van der Waals surface area contributed by atoms with Crippen molar-refractivity contribution in [2.24, 2.45) is 0 Å². The van der Waals surface area contributed by atoms with Gasteiger partial charge in [0.15, 0.2) is 6.04 Å². The number of alkyl halides is 3. The molecule has 0 aliphatic carbocycles. The van der Waals surface area contributed by atoms with Crippen molar-refractivity contribution in [2.45, 2.75) is 31.2 Å². The van der Waals surface area contributed by atoms with Gasteiger partial charge in [0.05, 0.1) is 24.5 Å². The molecule has 156 valence electrons. The fourth-order valence-electron chi connectivity index (χ4n) is 3.41. The largest absolute Gasteiger partial charge is 0.410 e. The van der Waals surface area contributed by atoms with Crippen LogP contribution in [0.25, 0.3) is 0 Å². The molecule has 2 N–H and O–H groups in total. The van der Waals surface area contributed by atoms with Crippen molar-refractivity contribution in [1.82, 2.24) is 20.1 Å². The summed E-state index contributed by atoms with van der Waals surface area (Å²) < 4.78 is 55.1. The minimum Gasteiger partial charge on any atom is -0.363 e. The molecule has 4 rings (SSSR count). The van der Waals surface area contributed by atoms with Crippen molar-refractivity contribution in [2.75, 3.05) is 5.32 Å². The predicted octanol–water partition coefficient (Wildman–Crippen LogP) is 4.01. The van der Waals surface area contributed by atoms with Crippen molar-refractivity contribution in [1.29, 1.82) is 0 Å². The molecule has 0 fully saturated rings. The first-order chi connectivity index (χ1) is 14.3. The molecule has 10 heteroatoms.